The van der Waals surface area contributed by atoms with E-state index in [4.69, 9.17) is 4.74 Å². The zero-order chi connectivity index (χ0) is 13.8. The molecule has 1 atom stereocenters. The Hall–Kier alpha value is -1.32. The SMILES string of the molecule is CCNC(c1cc(C)c(OC)c(C)c1)c1cccs1. The van der Waals surface area contributed by atoms with Gasteiger partial charge in [-0.1, -0.05) is 25.1 Å². The normalized spacial score (nSPS) is 12.4. The van der Waals surface area contributed by atoms with Gasteiger partial charge in [-0.15, -0.1) is 11.3 Å². The Labute approximate surface area is 119 Å². The van der Waals surface area contributed by atoms with Gasteiger partial charge in [0.15, 0.2) is 0 Å². The first-order valence-corrected chi connectivity index (χ1v) is 7.47. The summed E-state index contributed by atoms with van der Waals surface area (Å²) in [6.45, 7) is 7.30. The maximum Gasteiger partial charge on any atom is 0.124 e. The van der Waals surface area contributed by atoms with Crippen LogP contribution in [0.3, 0.4) is 0 Å². The van der Waals surface area contributed by atoms with Gasteiger partial charge in [-0.25, -0.2) is 0 Å². The van der Waals surface area contributed by atoms with Crippen LogP contribution in [-0.2, 0) is 0 Å². The predicted molar refractivity (Wildman–Crippen MR) is 82.3 cm³/mol. The summed E-state index contributed by atoms with van der Waals surface area (Å²) in [4.78, 5) is 1.35. The zero-order valence-corrected chi connectivity index (χ0v) is 12.8. The largest absolute Gasteiger partial charge is 0.496 e. The lowest BCUT2D eigenvalue weighted by Gasteiger charge is -2.19. The van der Waals surface area contributed by atoms with Crippen molar-refractivity contribution < 1.29 is 4.74 Å². The van der Waals surface area contributed by atoms with Crippen LogP contribution in [-0.4, -0.2) is 13.7 Å². The summed E-state index contributed by atoms with van der Waals surface area (Å²) < 4.78 is 5.44. The van der Waals surface area contributed by atoms with Crippen molar-refractivity contribution in [1.29, 1.82) is 0 Å². The highest BCUT2D eigenvalue weighted by Crippen LogP contribution is 2.31. The van der Waals surface area contributed by atoms with Gasteiger partial charge in [0, 0.05) is 4.88 Å². The van der Waals surface area contributed by atoms with Crippen LogP contribution < -0.4 is 10.1 Å². The Balaban J connectivity index is 2.43. The number of hydrogen-bond donors (Lipinski definition) is 1. The highest BCUT2D eigenvalue weighted by molar-refractivity contribution is 7.10. The first-order chi connectivity index (χ1) is 9.17. The molecule has 1 aromatic heterocycles. The van der Waals surface area contributed by atoms with Crippen LogP contribution in [0.1, 0.15) is 34.5 Å². The van der Waals surface area contributed by atoms with Crippen molar-refractivity contribution in [2.24, 2.45) is 0 Å². The standard InChI is InChI=1S/C16H21NOS/c1-5-17-15(14-7-6-8-19-14)13-9-11(2)16(18-4)12(3)10-13/h6-10,15,17H,5H2,1-4H3. The lowest BCUT2D eigenvalue weighted by molar-refractivity contribution is 0.408. The molecule has 0 aliphatic rings. The first kappa shape index (κ1) is 14.1. The third kappa shape index (κ3) is 2.99. The van der Waals surface area contributed by atoms with Crippen molar-refractivity contribution in [3.63, 3.8) is 0 Å². The Morgan fingerprint density at radius 2 is 1.95 bits per heavy atom. The molecule has 2 aromatic rings. The summed E-state index contributed by atoms with van der Waals surface area (Å²) in [5, 5.41) is 5.69. The summed E-state index contributed by atoms with van der Waals surface area (Å²) in [5.74, 6) is 0.991. The fraction of sp³-hybridized carbons (Fsp3) is 0.375. The van der Waals surface area contributed by atoms with E-state index in [0.717, 1.165) is 12.3 Å². The second kappa shape index (κ2) is 6.22. The zero-order valence-electron chi connectivity index (χ0n) is 12.0. The van der Waals surface area contributed by atoms with E-state index < -0.39 is 0 Å². The summed E-state index contributed by atoms with van der Waals surface area (Å²) in [5.41, 5.74) is 3.69. The molecule has 0 radical (unpaired) electrons. The van der Waals surface area contributed by atoms with Crippen LogP contribution in [0.25, 0.3) is 0 Å². The predicted octanol–water partition coefficient (Wildman–Crippen LogP) is 4.07. The van der Waals surface area contributed by atoms with Gasteiger partial charge in [0.05, 0.1) is 13.2 Å². The lowest BCUT2D eigenvalue weighted by Crippen LogP contribution is -2.21. The molecule has 0 saturated heterocycles. The molecule has 0 spiro atoms. The average Bonchev–Trinajstić information content (AvgIpc) is 2.89. The molecule has 2 rings (SSSR count). The summed E-state index contributed by atoms with van der Waals surface area (Å²) in [6, 6.07) is 9.01. The Morgan fingerprint density at radius 1 is 1.26 bits per heavy atom. The Morgan fingerprint density at radius 3 is 2.42 bits per heavy atom. The van der Waals surface area contributed by atoms with Crippen molar-refractivity contribution in [1.82, 2.24) is 5.32 Å². The van der Waals surface area contributed by atoms with E-state index in [9.17, 15) is 0 Å². The van der Waals surface area contributed by atoms with Crippen LogP contribution in [0.4, 0.5) is 0 Å². The lowest BCUT2D eigenvalue weighted by atomic mass is 9.99. The van der Waals surface area contributed by atoms with E-state index in [1.807, 2.05) is 0 Å². The van der Waals surface area contributed by atoms with Crippen molar-refractivity contribution in [3.8, 4) is 5.75 Å². The number of hydrogen-bond acceptors (Lipinski definition) is 3. The molecule has 0 amide bonds. The number of thiophene rings is 1. The number of ether oxygens (including phenoxy) is 1. The van der Waals surface area contributed by atoms with E-state index >= 15 is 0 Å². The molecule has 0 bridgehead atoms. The second-order valence-corrected chi connectivity index (χ2v) is 5.67. The monoisotopic (exact) mass is 275 g/mol. The third-order valence-corrected chi connectivity index (χ3v) is 4.19. The van der Waals surface area contributed by atoms with E-state index in [1.165, 1.54) is 21.6 Å². The van der Waals surface area contributed by atoms with Crippen molar-refractivity contribution in [3.05, 3.63) is 51.2 Å². The maximum atomic E-state index is 5.44. The molecule has 0 fully saturated rings. The van der Waals surface area contributed by atoms with Crippen molar-refractivity contribution in [2.75, 3.05) is 13.7 Å². The number of rotatable bonds is 5. The minimum Gasteiger partial charge on any atom is -0.496 e. The molecule has 1 N–H and O–H groups in total. The molecule has 0 saturated carbocycles. The van der Waals surface area contributed by atoms with Gasteiger partial charge >= 0.3 is 0 Å². The first-order valence-electron chi connectivity index (χ1n) is 6.59. The molecule has 0 aliphatic carbocycles. The Bertz CT molecular complexity index is 511. The minimum atomic E-state index is 0.272. The summed E-state index contributed by atoms with van der Waals surface area (Å²) in [6.07, 6.45) is 0. The fourth-order valence-electron chi connectivity index (χ4n) is 2.51. The fourth-order valence-corrected chi connectivity index (χ4v) is 3.34. The molecule has 1 aromatic carbocycles. The van der Waals surface area contributed by atoms with E-state index in [0.29, 0.717) is 0 Å². The minimum absolute atomic E-state index is 0.272. The Kier molecular flexibility index (Phi) is 4.61. The van der Waals surface area contributed by atoms with Crippen molar-refractivity contribution in [2.45, 2.75) is 26.8 Å². The molecule has 1 heterocycles. The van der Waals surface area contributed by atoms with Gasteiger partial charge in [0.25, 0.3) is 0 Å². The summed E-state index contributed by atoms with van der Waals surface area (Å²) in [7, 11) is 1.73. The highest BCUT2D eigenvalue weighted by Gasteiger charge is 2.16. The van der Waals surface area contributed by atoms with Gasteiger partial charge < -0.3 is 10.1 Å². The molecule has 1 unspecified atom stereocenters. The second-order valence-electron chi connectivity index (χ2n) is 4.69. The van der Waals surface area contributed by atoms with Gasteiger partial charge in [-0.2, -0.15) is 0 Å². The molecule has 3 heteroatoms. The van der Waals surface area contributed by atoms with Crippen LogP contribution in [0.2, 0.25) is 0 Å². The number of methoxy groups -OCH3 is 1. The smallest absolute Gasteiger partial charge is 0.124 e. The molecular formula is C16H21NOS. The van der Waals surface area contributed by atoms with Crippen molar-refractivity contribution >= 4 is 11.3 Å². The van der Waals surface area contributed by atoms with Gasteiger partial charge in [-0.05, 0) is 48.5 Å². The molecular weight excluding hydrogens is 254 g/mol. The number of aryl methyl sites for hydroxylation is 2. The average molecular weight is 275 g/mol. The molecule has 19 heavy (non-hydrogen) atoms. The van der Waals surface area contributed by atoms with Crippen LogP contribution >= 0.6 is 11.3 Å². The van der Waals surface area contributed by atoms with E-state index in [1.54, 1.807) is 18.4 Å². The van der Waals surface area contributed by atoms with Crippen LogP contribution in [0, 0.1) is 13.8 Å². The summed E-state index contributed by atoms with van der Waals surface area (Å²) >= 11 is 1.79. The van der Waals surface area contributed by atoms with E-state index in [-0.39, 0.29) is 6.04 Å². The van der Waals surface area contributed by atoms with Gasteiger partial charge in [0.2, 0.25) is 0 Å². The van der Waals surface area contributed by atoms with Crippen LogP contribution in [0.5, 0.6) is 5.75 Å². The molecule has 2 nitrogen and oxygen atoms in total. The van der Waals surface area contributed by atoms with Crippen LogP contribution in [0.15, 0.2) is 29.6 Å². The third-order valence-electron chi connectivity index (χ3n) is 3.26. The quantitative estimate of drug-likeness (QED) is 0.888. The van der Waals surface area contributed by atoms with Gasteiger partial charge in [0.1, 0.15) is 5.75 Å². The number of benzene rings is 1. The van der Waals surface area contributed by atoms with E-state index in [2.05, 4.69) is 55.7 Å². The molecule has 0 aliphatic heterocycles. The van der Waals surface area contributed by atoms with Gasteiger partial charge in [-0.3, -0.25) is 0 Å². The topological polar surface area (TPSA) is 21.3 Å². The molecule has 102 valence electrons. The maximum absolute atomic E-state index is 5.44. The highest BCUT2D eigenvalue weighted by atomic mass is 32.1. The number of nitrogens with one attached hydrogen (secondary N) is 1.